The van der Waals surface area contributed by atoms with Crippen molar-refractivity contribution in [1.82, 2.24) is 0 Å². The monoisotopic (exact) mass is 544 g/mol. The van der Waals surface area contributed by atoms with Gasteiger partial charge >= 0.3 is 11.9 Å². The van der Waals surface area contributed by atoms with Crippen molar-refractivity contribution in [3.63, 3.8) is 0 Å². The summed E-state index contributed by atoms with van der Waals surface area (Å²) in [6, 6.07) is 32.2. The fourth-order valence-electron chi connectivity index (χ4n) is 4.58. The van der Waals surface area contributed by atoms with Crippen LogP contribution in [-0.4, -0.2) is 26.2 Å². The van der Waals surface area contributed by atoms with Crippen LogP contribution in [0.15, 0.2) is 140 Å². The number of benzene rings is 4. The number of methoxy groups -OCH3 is 2. The molecule has 0 aliphatic heterocycles. The highest BCUT2D eigenvalue weighted by Crippen LogP contribution is 2.42. The Morgan fingerprint density at radius 2 is 1.12 bits per heavy atom. The topological polar surface area (TPSA) is 59.1 Å². The third-order valence-corrected chi connectivity index (χ3v) is 6.33. The first-order chi connectivity index (χ1) is 20.0. The molecule has 4 rings (SSSR count). The van der Waals surface area contributed by atoms with Crippen LogP contribution < -0.4 is 9.80 Å². The van der Waals surface area contributed by atoms with Gasteiger partial charge in [0.15, 0.2) is 0 Å². The molecule has 6 nitrogen and oxygen atoms in total. The Morgan fingerprint density at radius 1 is 0.683 bits per heavy atom. The summed E-state index contributed by atoms with van der Waals surface area (Å²) in [5.41, 5.74) is 4.53. The zero-order chi connectivity index (χ0) is 29.2. The summed E-state index contributed by atoms with van der Waals surface area (Å²) in [5, 5.41) is 0. The molecule has 41 heavy (non-hydrogen) atoms. The molecule has 0 fully saturated rings. The van der Waals surface area contributed by atoms with Gasteiger partial charge in [0, 0.05) is 22.8 Å². The summed E-state index contributed by atoms with van der Waals surface area (Å²) in [4.78, 5) is 30.7. The average Bonchev–Trinajstić information content (AvgIpc) is 3.02. The Kier molecular flexibility index (Phi) is 9.52. The molecule has 0 radical (unpaired) electrons. The molecule has 0 N–H and O–H groups in total. The maximum absolute atomic E-state index is 13.5. The Morgan fingerprint density at radius 3 is 1.56 bits per heavy atom. The van der Waals surface area contributed by atoms with Crippen molar-refractivity contribution in [3.8, 4) is 0 Å². The number of esters is 2. The summed E-state index contributed by atoms with van der Waals surface area (Å²) in [7, 11) is 2.68. The normalized spacial score (nSPS) is 11.1. The zero-order valence-electron chi connectivity index (χ0n) is 23.4. The van der Waals surface area contributed by atoms with E-state index in [-0.39, 0.29) is 11.1 Å². The van der Waals surface area contributed by atoms with Gasteiger partial charge in [0.1, 0.15) is 0 Å². The predicted molar refractivity (Wildman–Crippen MR) is 165 cm³/mol. The minimum absolute atomic E-state index is 0.260. The highest BCUT2D eigenvalue weighted by molar-refractivity contribution is 6.06. The van der Waals surface area contributed by atoms with E-state index in [2.05, 4.69) is 6.58 Å². The maximum Gasteiger partial charge on any atom is 0.340 e. The lowest BCUT2D eigenvalue weighted by atomic mass is 10.0. The van der Waals surface area contributed by atoms with Crippen molar-refractivity contribution >= 4 is 40.4 Å². The summed E-state index contributed by atoms with van der Waals surface area (Å²) >= 11 is 0. The molecule has 6 heteroatoms. The number of hydrogen-bond donors (Lipinski definition) is 0. The number of allylic oxidation sites excluding steroid dienone is 4. The quantitative estimate of drug-likeness (QED) is 0.147. The van der Waals surface area contributed by atoms with Gasteiger partial charge in [-0.2, -0.15) is 0 Å². The molecule has 0 aliphatic rings. The van der Waals surface area contributed by atoms with Gasteiger partial charge in [-0.15, -0.1) is 0 Å². The second-order valence-corrected chi connectivity index (χ2v) is 8.87. The molecule has 0 aliphatic carbocycles. The van der Waals surface area contributed by atoms with Crippen LogP contribution in [0.2, 0.25) is 0 Å². The van der Waals surface area contributed by atoms with Gasteiger partial charge in [-0.1, -0.05) is 73.3 Å². The first kappa shape index (κ1) is 28.6. The minimum atomic E-state index is -0.557. The van der Waals surface area contributed by atoms with E-state index in [0.29, 0.717) is 11.4 Å². The van der Waals surface area contributed by atoms with Gasteiger partial charge in [-0.25, -0.2) is 9.59 Å². The van der Waals surface area contributed by atoms with Crippen LogP contribution in [0, 0.1) is 0 Å². The molecule has 0 atom stereocenters. The molecule has 0 unspecified atom stereocenters. The van der Waals surface area contributed by atoms with E-state index in [4.69, 9.17) is 9.47 Å². The van der Waals surface area contributed by atoms with E-state index in [9.17, 15) is 9.59 Å². The Labute approximate surface area is 241 Å². The number of rotatable bonds is 10. The number of carbonyl (C=O) groups excluding carboxylic acids is 2. The lowest BCUT2D eigenvalue weighted by Gasteiger charge is -2.31. The van der Waals surface area contributed by atoms with Gasteiger partial charge in [0.05, 0.1) is 36.7 Å². The summed E-state index contributed by atoms with van der Waals surface area (Å²) in [6.45, 7) is 5.79. The highest BCUT2D eigenvalue weighted by Gasteiger charge is 2.29. The molecular weight excluding hydrogens is 512 g/mol. The maximum atomic E-state index is 13.5. The molecule has 0 bridgehead atoms. The molecule has 0 saturated heterocycles. The number of nitrogens with zero attached hydrogens (tertiary/aromatic N) is 2. The van der Waals surface area contributed by atoms with E-state index in [1.54, 1.807) is 18.2 Å². The van der Waals surface area contributed by atoms with E-state index in [0.717, 1.165) is 22.8 Å². The first-order valence-corrected chi connectivity index (χ1v) is 13.1. The second kappa shape index (κ2) is 13.6. The van der Waals surface area contributed by atoms with E-state index in [1.165, 1.54) is 14.2 Å². The molecule has 0 aromatic heterocycles. The number of ether oxygens (including phenoxy) is 2. The number of hydrogen-bond acceptors (Lipinski definition) is 6. The van der Waals surface area contributed by atoms with Crippen molar-refractivity contribution in [2.75, 3.05) is 24.0 Å². The van der Waals surface area contributed by atoms with Gasteiger partial charge < -0.3 is 19.3 Å². The van der Waals surface area contributed by atoms with Crippen LogP contribution in [0.25, 0.3) is 0 Å². The van der Waals surface area contributed by atoms with Crippen molar-refractivity contribution in [2.24, 2.45) is 0 Å². The van der Waals surface area contributed by atoms with Gasteiger partial charge in [-0.05, 0) is 67.6 Å². The standard InChI is InChI=1S/C35H32N2O4/c1-5-16-26(17-6-2)36(27-18-10-7-11-19-27)32-24-31(35(39)41-4)33(25-30(32)34(38)40-3)37(28-20-12-8-13-21-28)29-22-14-9-15-23-29/h5-25H,1H2,2-4H3/b17-6-,26-16+. The highest BCUT2D eigenvalue weighted by atomic mass is 16.5. The van der Waals surface area contributed by atoms with Gasteiger partial charge in [0.2, 0.25) is 0 Å². The molecule has 0 amide bonds. The molecular formula is C35H32N2O4. The lowest BCUT2D eigenvalue weighted by Crippen LogP contribution is -2.22. The van der Waals surface area contributed by atoms with Crippen molar-refractivity contribution in [3.05, 3.63) is 151 Å². The van der Waals surface area contributed by atoms with Crippen LogP contribution in [0.5, 0.6) is 0 Å². The fourth-order valence-corrected chi connectivity index (χ4v) is 4.58. The molecule has 4 aromatic carbocycles. The first-order valence-electron chi connectivity index (χ1n) is 13.1. The second-order valence-electron chi connectivity index (χ2n) is 8.87. The molecule has 0 heterocycles. The molecule has 4 aromatic rings. The predicted octanol–water partition coefficient (Wildman–Crippen LogP) is 8.51. The fraction of sp³-hybridized carbons (Fsp3) is 0.0857. The number of para-hydroxylation sites is 3. The zero-order valence-corrected chi connectivity index (χ0v) is 23.4. The van der Waals surface area contributed by atoms with Crippen LogP contribution >= 0.6 is 0 Å². The smallest absolute Gasteiger partial charge is 0.340 e. The molecule has 0 spiro atoms. The SMILES string of the molecule is C=C/C=C(\C=C/C)N(c1ccccc1)c1cc(C(=O)OC)c(N(c2ccccc2)c2ccccc2)cc1C(=O)OC. The molecule has 206 valence electrons. The third kappa shape index (κ3) is 6.28. The largest absolute Gasteiger partial charge is 0.465 e. The van der Waals surface area contributed by atoms with Gasteiger partial charge in [-0.3, -0.25) is 0 Å². The van der Waals surface area contributed by atoms with E-state index >= 15 is 0 Å². The third-order valence-electron chi connectivity index (χ3n) is 6.33. The van der Waals surface area contributed by atoms with Gasteiger partial charge in [0.25, 0.3) is 0 Å². The van der Waals surface area contributed by atoms with Crippen molar-refractivity contribution in [2.45, 2.75) is 6.92 Å². The van der Waals surface area contributed by atoms with Crippen LogP contribution in [0.1, 0.15) is 27.6 Å². The lowest BCUT2D eigenvalue weighted by molar-refractivity contribution is 0.0588. The Bertz CT molecular complexity index is 1520. The van der Waals surface area contributed by atoms with Crippen LogP contribution in [0.4, 0.5) is 28.4 Å². The Hall–Kier alpha value is -5.36. The summed E-state index contributed by atoms with van der Waals surface area (Å²) < 4.78 is 10.6. The van der Waals surface area contributed by atoms with Crippen molar-refractivity contribution < 1.29 is 19.1 Å². The number of carbonyl (C=O) groups is 2. The van der Waals surface area contributed by atoms with Crippen molar-refractivity contribution in [1.29, 1.82) is 0 Å². The number of anilines is 5. The van der Waals surface area contributed by atoms with Crippen LogP contribution in [0.3, 0.4) is 0 Å². The molecule has 0 saturated carbocycles. The van der Waals surface area contributed by atoms with E-state index in [1.807, 2.05) is 126 Å². The van der Waals surface area contributed by atoms with Crippen LogP contribution in [-0.2, 0) is 9.47 Å². The summed E-state index contributed by atoms with van der Waals surface area (Å²) in [5.74, 6) is -1.11. The summed E-state index contributed by atoms with van der Waals surface area (Å²) in [6.07, 6.45) is 7.30. The van der Waals surface area contributed by atoms with E-state index < -0.39 is 11.9 Å². The minimum Gasteiger partial charge on any atom is -0.465 e. The Balaban J connectivity index is 2.12. The average molecular weight is 545 g/mol.